The van der Waals surface area contributed by atoms with Gasteiger partial charge in [0.1, 0.15) is 23.5 Å². The number of alkyl halides is 1. The monoisotopic (exact) mass is 788 g/mol. The van der Waals surface area contributed by atoms with Gasteiger partial charge in [-0.15, -0.1) is 0 Å². The number of Topliss-reactive ketones (excluding diaryl/α,β-unsaturated/α-hetero) is 1. The largest absolute Gasteiger partial charge is 0.492 e. The highest BCUT2D eigenvalue weighted by Crippen LogP contribution is 2.70. The van der Waals surface area contributed by atoms with Crippen LogP contribution in [0.5, 0.6) is 5.75 Å². The summed E-state index contributed by atoms with van der Waals surface area (Å²) >= 11 is 0. The molecule has 0 bridgehead atoms. The summed E-state index contributed by atoms with van der Waals surface area (Å²) in [6.07, 6.45) is 10.0. The Labute approximate surface area is 330 Å². The van der Waals surface area contributed by atoms with Crippen molar-refractivity contribution < 1.29 is 42.9 Å². The number of methoxy groups -OCH3 is 1. The van der Waals surface area contributed by atoms with Gasteiger partial charge in [-0.2, -0.15) is 0 Å². The van der Waals surface area contributed by atoms with Gasteiger partial charge in [0.15, 0.2) is 28.8 Å². The molecule has 7 aliphatic rings. The van der Waals surface area contributed by atoms with Crippen molar-refractivity contribution in [3.63, 3.8) is 0 Å². The Morgan fingerprint density at radius 3 is 2.61 bits per heavy atom. The molecule has 6 fully saturated rings. The lowest BCUT2D eigenvalue weighted by atomic mass is 9.44. The first-order valence-corrected chi connectivity index (χ1v) is 20.6. The molecule has 0 amide bonds. The molecular formula is C44H52F2N3O8. The number of allylic oxidation sites excluding steroid dienone is 4. The molecule has 5 aliphatic carbocycles. The molecule has 2 saturated heterocycles. The van der Waals surface area contributed by atoms with E-state index in [1.54, 1.807) is 31.4 Å². The van der Waals surface area contributed by atoms with E-state index in [-0.39, 0.29) is 41.0 Å². The highest BCUT2D eigenvalue weighted by molar-refractivity contribution is 6.01. The maximum atomic E-state index is 17.6. The molecule has 10 atom stereocenters. The van der Waals surface area contributed by atoms with Crippen molar-refractivity contribution in [2.24, 2.45) is 34.5 Å². The first-order chi connectivity index (χ1) is 27.1. The van der Waals surface area contributed by atoms with Gasteiger partial charge in [0.2, 0.25) is 5.43 Å². The minimum atomic E-state index is -2.11. The van der Waals surface area contributed by atoms with Gasteiger partial charge in [0, 0.05) is 48.1 Å². The maximum absolute atomic E-state index is 17.6. The predicted octanol–water partition coefficient (Wildman–Crippen LogP) is 4.95. The summed E-state index contributed by atoms with van der Waals surface area (Å²) in [6.45, 7) is 6.83. The highest BCUT2D eigenvalue weighted by atomic mass is 19.1. The van der Waals surface area contributed by atoms with Crippen LogP contribution in [0, 0.1) is 46.7 Å². The van der Waals surface area contributed by atoms with Crippen molar-refractivity contribution in [1.82, 2.24) is 9.88 Å². The average molecular weight is 789 g/mol. The van der Waals surface area contributed by atoms with Crippen molar-refractivity contribution in [2.75, 3.05) is 38.3 Å². The number of carbonyl (C=O) groups is 3. The lowest BCUT2D eigenvalue weighted by Gasteiger charge is -2.62. The first-order valence-electron chi connectivity index (χ1n) is 20.6. The van der Waals surface area contributed by atoms with E-state index >= 15 is 8.78 Å². The minimum absolute atomic E-state index is 0.00778. The Morgan fingerprint density at radius 2 is 1.89 bits per heavy atom. The van der Waals surface area contributed by atoms with E-state index in [0.29, 0.717) is 55.0 Å². The zero-order valence-electron chi connectivity index (χ0n) is 33.0. The Balaban J connectivity index is 0.953. The number of halogens is 2. The van der Waals surface area contributed by atoms with Crippen molar-refractivity contribution in [2.45, 2.75) is 102 Å². The number of hydrogen-bond acceptors (Lipinski definition) is 10. The number of hydrogen-bond donors (Lipinski definition) is 3. The van der Waals surface area contributed by atoms with Crippen LogP contribution >= 0.6 is 0 Å². The van der Waals surface area contributed by atoms with Gasteiger partial charge < -0.3 is 34.5 Å². The zero-order valence-corrected chi connectivity index (χ0v) is 33.0. The van der Waals surface area contributed by atoms with Crippen LogP contribution in [-0.2, 0) is 14.3 Å². The minimum Gasteiger partial charge on any atom is -0.492 e. The zero-order chi connectivity index (χ0) is 40.4. The number of carbonyl (C=O) groups excluding carboxylic acids is 3. The van der Waals surface area contributed by atoms with Crippen LogP contribution in [0.2, 0.25) is 0 Å². The summed E-state index contributed by atoms with van der Waals surface area (Å²) in [4.78, 5) is 55.9. The number of aliphatic hydroxyl groups is 2. The fourth-order valence-corrected chi connectivity index (χ4v) is 12.4. The fourth-order valence-electron chi connectivity index (χ4n) is 12.4. The summed E-state index contributed by atoms with van der Waals surface area (Å²) in [7, 11) is 1.46. The maximum Gasteiger partial charge on any atom is 0.343 e. The Hall–Kier alpha value is -3.94. The second-order valence-electron chi connectivity index (χ2n) is 18.3. The number of ketones is 2. The lowest BCUT2D eigenvalue weighted by molar-refractivity contribution is -0.218. The predicted molar refractivity (Wildman–Crippen MR) is 207 cm³/mol. The van der Waals surface area contributed by atoms with E-state index in [0.717, 1.165) is 38.6 Å². The second-order valence-corrected chi connectivity index (χ2v) is 18.3. The van der Waals surface area contributed by atoms with E-state index in [1.807, 2.05) is 4.90 Å². The molecule has 3 N–H and O–H groups in total. The van der Waals surface area contributed by atoms with Gasteiger partial charge in [-0.3, -0.25) is 14.4 Å². The molecule has 2 aromatic rings. The molecule has 1 aromatic heterocycles. The van der Waals surface area contributed by atoms with E-state index < -0.39 is 75.6 Å². The third-order valence-electron chi connectivity index (χ3n) is 15.6. The number of benzene rings is 1. The Kier molecular flexibility index (Phi) is 8.99. The van der Waals surface area contributed by atoms with E-state index in [4.69, 9.17) is 9.47 Å². The van der Waals surface area contributed by atoms with Crippen LogP contribution < -0.4 is 20.4 Å². The molecule has 2 aliphatic heterocycles. The van der Waals surface area contributed by atoms with Gasteiger partial charge in [-0.05, 0) is 101 Å². The number of nitrogens with one attached hydrogen (secondary N) is 1. The Morgan fingerprint density at radius 1 is 1.12 bits per heavy atom. The van der Waals surface area contributed by atoms with Crippen molar-refractivity contribution in [3.05, 3.63) is 64.1 Å². The number of piperidine rings is 1. The molecule has 9 rings (SSSR count). The fraction of sp³-hybridized carbons (Fsp3) is 0.614. The van der Waals surface area contributed by atoms with Crippen LogP contribution in [0.1, 0.15) is 88.5 Å². The van der Waals surface area contributed by atoms with Crippen LogP contribution in [0.15, 0.2) is 40.9 Å². The van der Waals surface area contributed by atoms with E-state index in [9.17, 15) is 29.4 Å². The van der Waals surface area contributed by atoms with Crippen molar-refractivity contribution in [1.29, 1.82) is 0 Å². The number of anilines is 1. The summed E-state index contributed by atoms with van der Waals surface area (Å²) in [5, 5.41) is 27.6. The van der Waals surface area contributed by atoms with Gasteiger partial charge in [-0.1, -0.05) is 25.5 Å². The number of aromatic nitrogens is 1. The summed E-state index contributed by atoms with van der Waals surface area (Å²) in [5.41, 5.74) is -6.20. The standard InChI is InChI=1S/C44H52F2N3O8/c1-23-16-31-30-10-7-25-17-27(50)11-13-41(25,2)43(30,46)35(52)19-42(31,3)44(23,55)34(51)12-15-57-40(54)29-21-49(26-8-9-26)36-28(38(29)53)18-32(45)37(39(36)56-4)48-20-24-6-5-14-47-33(24)22-48/h11-13,17-18,21,23-24,26,30-31,33,35,47,52,55H,5-10,14-16,19-20,22H2,1-4H3/t23-,24?,30-,31-,33?,35-,41-,42-,43-,44-/m1/s1. The molecule has 0 spiro atoms. The van der Waals surface area contributed by atoms with Crippen LogP contribution in [0.4, 0.5) is 14.5 Å². The molecule has 1 radical (unpaired) electrons. The number of rotatable bonds is 8. The molecule has 1 aromatic carbocycles. The summed E-state index contributed by atoms with van der Waals surface area (Å²) in [5.74, 6) is -3.67. The topological polar surface area (TPSA) is 147 Å². The first kappa shape index (κ1) is 38.6. The van der Waals surface area contributed by atoms with Gasteiger partial charge in [0.25, 0.3) is 0 Å². The third kappa shape index (κ3) is 5.36. The quantitative estimate of drug-likeness (QED) is 0.314. The number of esters is 1. The lowest BCUT2D eigenvalue weighted by Crippen LogP contribution is -2.69. The highest BCUT2D eigenvalue weighted by Gasteiger charge is 2.75. The van der Waals surface area contributed by atoms with E-state index in [2.05, 4.69) is 5.32 Å². The average Bonchev–Trinajstić information content (AvgIpc) is 3.90. The van der Waals surface area contributed by atoms with E-state index in [1.165, 1.54) is 31.5 Å². The number of nitrogens with zero attached hydrogens (tertiary/aromatic N) is 2. The van der Waals surface area contributed by atoms with Gasteiger partial charge in [0.05, 0.1) is 30.5 Å². The molecule has 305 valence electrons. The molecular weight excluding hydrogens is 736 g/mol. The number of ether oxygens (including phenoxy) is 2. The van der Waals surface area contributed by atoms with Gasteiger partial charge in [-0.25, -0.2) is 13.6 Å². The third-order valence-corrected chi connectivity index (χ3v) is 15.6. The van der Waals surface area contributed by atoms with Crippen LogP contribution in [-0.4, -0.2) is 89.1 Å². The number of pyridine rings is 1. The summed E-state index contributed by atoms with van der Waals surface area (Å²) < 4.78 is 46.9. The molecule has 11 nitrogen and oxygen atoms in total. The summed E-state index contributed by atoms with van der Waals surface area (Å²) in [6, 6.07) is 1.39. The van der Waals surface area contributed by atoms with Crippen molar-refractivity contribution >= 4 is 34.1 Å². The molecule has 3 heterocycles. The smallest absolute Gasteiger partial charge is 0.343 e. The Bertz CT molecular complexity index is 2190. The molecule has 4 saturated carbocycles. The second kappa shape index (κ2) is 13.3. The van der Waals surface area contributed by atoms with Crippen LogP contribution in [0.25, 0.3) is 10.9 Å². The van der Waals surface area contributed by atoms with Crippen LogP contribution in [0.3, 0.4) is 0 Å². The molecule has 13 heteroatoms. The van der Waals surface area contributed by atoms with Gasteiger partial charge >= 0.3 is 5.97 Å². The number of fused-ring (bicyclic) bond motifs is 7. The molecule has 57 heavy (non-hydrogen) atoms. The normalized spacial score (nSPS) is 38.3. The SMILES string of the molecule is COc1c(N2CC3CCCNC3C2)c(F)cc2c(=O)c(C(=O)OC[CH]C(=O)[C@]3(O)[C@H](C)C[C@@H]4[C@H]5CCC6=CC(=O)C=C[C@@]6(C)[C@]5(F)[C@H](O)C[C@]43C)cn(C3CC3)c12. The molecule has 2 unspecified atom stereocenters. The van der Waals surface area contributed by atoms with Crippen molar-refractivity contribution in [3.8, 4) is 5.75 Å². The number of aliphatic hydroxyl groups excluding tert-OH is 1.